The topological polar surface area (TPSA) is 26.0 Å². The Hall–Kier alpha value is -1.08. The molecule has 0 aromatic heterocycles. The molecule has 0 saturated heterocycles. The second kappa shape index (κ2) is 4.97. The van der Waals surface area contributed by atoms with E-state index in [0.717, 1.165) is 0 Å². The highest BCUT2D eigenvalue weighted by Crippen LogP contribution is 2.16. The molecular formula is C13H19N. The Morgan fingerprint density at radius 1 is 1.36 bits per heavy atom. The van der Waals surface area contributed by atoms with Gasteiger partial charge in [0.2, 0.25) is 0 Å². The molecule has 0 fully saturated rings. The van der Waals surface area contributed by atoms with E-state index in [2.05, 4.69) is 51.1 Å². The molecule has 14 heavy (non-hydrogen) atoms. The van der Waals surface area contributed by atoms with E-state index in [1.165, 1.54) is 16.7 Å². The van der Waals surface area contributed by atoms with E-state index in [1.807, 2.05) is 0 Å². The number of rotatable bonds is 3. The van der Waals surface area contributed by atoms with Gasteiger partial charge in [0.05, 0.1) is 0 Å². The van der Waals surface area contributed by atoms with Crippen LogP contribution >= 0.6 is 0 Å². The SMILES string of the molecule is Cc1ccccc1C=C(CN)C(C)C. The summed E-state index contributed by atoms with van der Waals surface area (Å²) in [6.07, 6.45) is 2.21. The smallest absolute Gasteiger partial charge is 0.0142 e. The van der Waals surface area contributed by atoms with Gasteiger partial charge in [-0.3, -0.25) is 0 Å². The van der Waals surface area contributed by atoms with Gasteiger partial charge in [0.25, 0.3) is 0 Å². The number of hydrogen-bond donors (Lipinski definition) is 1. The fourth-order valence-corrected chi connectivity index (χ4v) is 1.41. The minimum atomic E-state index is 0.527. The molecule has 0 bridgehead atoms. The standard InChI is InChI=1S/C13H19N/c1-10(2)13(9-14)8-12-7-5-4-6-11(12)3/h4-8,10H,9,14H2,1-3H3. The summed E-state index contributed by atoms with van der Waals surface area (Å²) in [7, 11) is 0. The van der Waals surface area contributed by atoms with Crippen LogP contribution in [0.25, 0.3) is 6.08 Å². The second-order valence-corrected chi connectivity index (χ2v) is 3.93. The fraction of sp³-hybridized carbons (Fsp3) is 0.385. The van der Waals surface area contributed by atoms with E-state index >= 15 is 0 Å². The minimum Gasteiger partial charge on any atom is -0.327 e. The largest absolute Gasteiger partial charge is 0.327 e. The van der Waals surface area contributed by atoms with E-state index in [1.54, 1.807) is 0 Å². The summed E-state index contributed by atoms with van der Waals surface area (Å²) >= 11 is 0. The van der Waals surface area contributed by atoms with E-state index < -0.39 is 0 Å². The van der Waals surface area contributed by atoms with Crippen molar-refractivity contribution in [3.8, 4) is 0 Å². The highest BCUT2D eigenvalue weighted by molar-refractivity contribution is 5.57. The first-order chi connectivity index (χ1) is 6.65. The molecule has 1 aromatic rings. The van der Waals surface area contributed by atoms with Crippen molar-refractivity contribution >= 4 is 6.08 Å². The zero-order chi connectivity index (χ0) is 10.6. The van der Waals surface area contributed by atoms with Gasteiger partial charge in [-0.05, 0) is 24.0 Å². The molecule has 0 spiro atoms. The Labute approximate surface area is 86.6 Å². The third-order valence-corrected chi connectivity index (χ3v) is 2.51. The Balaban J connectivity index is 3.00. The molecule has 0 radical (unpaired) electrons. The molecule has 0 unspecified atom stereocenters. The van der Waals surface area contributed by atoms with E-state index in [0.29, 0.717) is 12.5 Å². The van der Waals surface area contributed by atoms with Crippen molar-refractivity contribution in [2.45, 2.75) is 20.8 Å². The van der Waals surface area contributed by atoms with Crippen molar-refractivity contribution in [2.75, 3.05) is 6.54 Å². The van der Waals surface area contributed by atoms with Crippen LogP contribution in [0.4, 0.5) is 0 Å². The first kappa shape index (κ1) is 11.0. The van der Waals surface area contributed by atoms with Crippen molar-refractivity contribution in [3.05, 3.63) is 41.0 Å². The van der Waals surface area contributed by atoms with Crippen LogP contribution in [0.2, 0.25) is 0 Å². The molecule has 1 aromatic carbocycles. The molecule has 0 saturated carbocycles. The quantitative estimate of drug-likeness (QED) is 0.777. The van der Waals surface area contributed by atoms with Gasteiger partial charge in [-0.25, -0.2) is 0 Å². The highest BCUT2D eigenvalue weighted by atomic mass is 14.5. The molecule has 0 heterocycles. The Morgan fingerprint density at radius 2 is 2.00 bits per heavy atom. The van der Waals surface area contributed by atoms with Crippen molar-refractivity contribution in [3.63, 3.8) is 0 Å². The van der Waals surface area contributed by atoms with Crippen molar-refractivity contribution in [1.82, 2.24) is 0 Å². The summed E-state index contributed by atoms with van der Waals surface area (Å²) in [5.74, 6) is 0.527. The Bertz CT molecular complexity index is 324. The van der Waals surface area contributed by atoms with Crippen LogP contribution in [0.1, 0.15) is 25.0 Å². The molecule has 1 rings (SSSR count). The van der Waals surface area contributed by atoms with E-state index in [9.17, 15) is 0 Å². The maximum absolute atomic E-state index is 5.70. The molecular weight excluding hydrogens is 170 g/mol. The molecule has 1 nitrogen and oxygen atoms in total. The summed E-state index contributed by atoms with van der Waals surface area (Å²) in [4.78, 5) is 0. The normalized spacial score (nSPS) is 12.2. The molecule has 76 valence electrons. The molecule has 2 N–H and O–H groups in total. The first-order valence-corrected chi connectivity index (χ1v) is 5.11. The Morgan fingerprint density at radius 3 is 2.50 bits per heavy atom. The number of aryl methyl sites for hydroxylation is 1. The van der Waals surface area contributed by atoms with Gasteiger partial charge >= 0.3 is 0 Å². The third-order valence-electron chi connectivity index (χ3n) is 2.51. The van der Waals surface area contributed by atoms with E-state index in [4.69, 9.17) is 5.73 Å². The maximum atomic E-state index is 5.70. The summed E-state index contributed by atoms with van der Waals surface area (Å²) in [6.45, 7) is 7.13. The first-order valence-electron chi connectivity index (χ1n) is 5.11. The molecule has 0 amide bonds. The summed E-state index contributed by atoms with van der Waals surface area (Å²) in [5.41, 5.74) is 9.59. The molecule has 0 aliphatic heterocycles. The van der Waals surface area contributed by atoms with Gasteiger partial charge < -0.3 is 5.73 Å². The van der Waals surface area contributed by atoms with Gasteiger partial charge in [0.15, 0.2) is 0 Å². The van der Waals surface area contributed by atoms with Crippen LogP contribution in [-0.4, -0.2) is 6.54 Å². The average Bonchev–Trinajstić information content (AvgIpc) is 2.16. The molecule has 0 atom stereocenters. The van der Waals surface area contributed by atoms with Gasteiger partial charge in [0, 0.05) is 6.54 Å². The lowest BCUT2D eigenvalue weighted by atomic mass is 9.98. The van der Waals surface area contributed by atoms with Crippen LogP contribution in [0.15, 0.2) is 29.8 Å². The number of nitrogens with two attached hydrogens (primary N) is 1. The zero-order valence-corrected chi connectivity index (χ0v) is 9.25. The van der Waals surface area contributed by atoms with Crippen molar-refractivity contribution in [2.24, 2.45) is 11.7 Å². The monoisotopic (exact) mass is 189 g/mol. The van der Waals surface area contributed by atoms with Gasteiger partial charge in [-0.15, -0.1) is 0 Å². The van der Waals surface area contributed by atoms with Crippen LogP contribution in [0.3, 0.4) is 0 Å². The summed E-state index contributed by atoms with van der Waals surface area (Å²) in [5, 5.41) is 0. The van der Waals surface area contributed by atoms with Crippen LogP contribution in [0, 0.1) is 12.8 Å². The number of benzene rings is 1. The van der Waals surface area contributed by atoms with Crippen molar-refractivity contribution < 1.29 is 0 Å². The molecule has 0 aliphatic carbocycles. The zero-order valence-electron chi connectivity index (χ0n) is 9.25. The van der Waals surface area contributed by atoms with Gasteiger partial charge in [-0.2, -0.15) is 0 Å². The predicted molar refractivity (Wildman–Crippen MR) is 63.0 cm³/mol. The maximum Gasteiger partial charge on any atom is 0.0142 e. The molecule has 1 heteroatoms. The molecule has 0 aliphatic rings. The third kappa shape index (κ3) is 2.71. The second-order valence-electron chi connectivity index (χ2n) is 3.93. The van der Waals surface area contributed by atoms with Crippen LogP contribution in [-0.2, 0) is 0 Å². The summed E-state index contributed by atoms with van der Waals surface area (Å²) < 4.78 is 0. The average molecular weight is 189 g/mol. The van der Waals surface area contributed by atoms with Crippen LogP contribution < -0.4 is 5.73 Å². The fourth-order valence-electron chi connectivity index (χ4n) is 1.41. The van der Waals surface area contributed by atoms with E-state index in [-0.39, 0.29) is 0 Å². The highest BCUT2D eigenvalue weighted by Gasteiger charge is 2.01. The number of hydrogen-bond acceptors (Lipinski definition) is 1. The Kier molecular flexibility index (Phi) is 3.90. The van der Waals surface area contributed by atoms with Crippen molar-refractivity contribution in [1.29, 1.82) is 0 Å². The van der Waals surface area contributed by atoms with Crippen LogP contribution in [0.5, 0.6) is 0 Å². The van der Waals surface area contributed by atoms with Gasteiger partial charge in [0.1, 0.15) is 0 Å². The lowest BCUT2D eigenvalue weighted by Crippen LogP contribution is -2.08. The predicted octanol–water partition coefficient (Wildman–Crippen LogP) is 2.99. The van der Waals surface area contributed by atoms with Gasteiger partial charge in [-0.1, -0.05) is 49.8 Å². The lowest BCUT2D eigenvalue weighted by molar-refractivity contribution is 0.752. The lowest BCUT2D eigenvalue weighted by Gasteiger charge is -2.09. The summed E-state index contributed by atoms with van der Waals surface area (Å²) in [6, 6.07) is 8.38. The minimum absolute atomic E-state index is 0.527.